The van der Waals surface area contributed by atoms with Crippen LogP contribution in [0, 0.1) is 23.7 Å². The van der Waals surface area contributed by atoms with Crippen LogP contribution in [-0.2, 0) is 9.47 Å². The average Bonchev–Trinajstić information content (AvgIpc) is 2.79. The highest BCUT2D eigenvalue weighted by Gasteiger charge is 2.47. The fourth-order valence-electron chi connectivity index (χ4n) is 6.79. The van der Waals surface area contributed by atoms with Crippen LogP contribution in [0.3, 0.4) is 0 Å². The number of benzene rings is 1. The van der Waals surface area contributed by atoms with Crippen LogP contribution in [0.2, 0.25) is 0 Å². The van der Waals surface area contributed by atoms with Crippen molar-refractivity contribution in [2.75, 3.05) is 19.8 Å². The Kier molecular flexibility index (Phi) is 6.31. The second-order valence-corrected chi connectivity index (χ2v) is 10.1. The number of allylic oxidation sites excluding steroid dienone is 1. The van der Waals surface area contributed by atoms with E-state index in [4.69, 9.17) is 15.2 Å². The summed E-state index contributed by atoms with van der Waals surface area (Å²) in [6.45, 7) is 0.431. The van der Waals surface area contributed by atoms with Gasteiger partial charge in [0.1, 0.15) is 42.9 Å². The Bertz CT molecular complexity index is 825. The molecule has 4 bridgehead atoms. The van der Waals surface area contributed by atoms with Crippen molar-refractivity contribution in [3.63, 3.8) is 0 Å². The van der Waals surface area contributed by atoms with Crippen LogP contribution >= 0.6 is 0 Å². The minimum atomic E-state index is -1.40. The maximum absolute atomic E-state index is 10.6. The van der Waals surface area contributed by atoms with Crippen LogP contribution in [0.15, 0.2) is 29.8 Å². The van der Waals surface area contributed by atoms with E-state index >= 15 is 0 Å². The number of nitrogens with two attached hydrogens (primary N) is 1. The van der Waals surface area contributed by atoms with Crippen molar-refractivity contribution in [2.45, 2.75) is 62.6 Å². The molecule has 1 aliphatic heterocycles. The second kappa shape index (κ2) is 9.05. The maximum Gasteiger partial charge on any atom is 0.126 e. The third-order valence-corrected chi connectivity index (χ3v) is 8.01. The Hall–Kier alpha value is -1.48. The van der Waals surface area contributed by atoms with Gasteiger partial charge in [-0.15, -0.1) is 0 Å². The second-order valence-electron chi connectivity index (χ2n) is 10.1. The fourth-order valence-corrected chi connectivity index (χ4v) is 6.79. The predicted octanol–water partition coefficient (Wildman–Crippen LogP) is 1.34. The van der Waals surface area contributed by atoms with Gasteiger partial charge in [0.15, 0.2) is 0 Å². The molecule has 0 unspecified atom stereocenters. The lowest BCUT2D eigenvalue weighted by atomic mass is 9.54. The zero-order valence-electron chi connectivity index (χ0n) is 18.3. The molecule has 176 valence electrons. The summed E-state index contributed by atoms with van der Waals surface area (Å²) >= 11 is 0. The Labute approximate surface area is 188 Å². The predicted molar refractivity (Wildman–Crippen MR) is 118 cm³/mol. The average molecular weight is 446 g/mol. The lowest BCUT2D eigenvalue weighted by Gasteiger charge is -2.51. The van der Waals surface area contributed by atoms with Crippen molar-refractivity contribution < 1.29 is 29.9 Å². The molecule has 0 aromatic heterocycles. The van der Waals surface area contributed by atoms with Crippen LogP contribution in [-0.4, -0.2) is 64.6 Å². The zero-order chi connectivity index (χ0) is 22.4. The lowest BCUT2D eigenvalue weighted by molar-refractivity contribution is -0.231. The summed E-state index contributed by atoms with van der Waals surface area (Å²) in [5, 5.41) is 40.5. The number of aliphatic hydroxyl groups excluding tert-OH is 4. The molecule has 1 heterocycles. The van der Waals surface area contributed by atoms with Crippen molar-refractivity contribution in [1.29, 1.82) is 0 Å². The Morgan fingerprint density at radius 2 is 1.66 bits per heavy atom. The first-order valence-corrected chi connectivity index (χ1v) is 12.0. The molecule has 32 heavy (non-hydrogen) atoms. The van der Waals surface area contributed by atoms with Gasteiger partial charge in [-0.3, -0.25) is 0 Å². The quantitative estimate of drug-likeness (QED) is 0.419. The fraction of sp³-hybridized carbons (Fsp3) is 0.680. The molecule has 5 atom stereocenters. The molecule has 1 aromatic rings. The number of rotatable bonds is 6. The van der Waals surface area contributed by atoms with E-state index in [2.05, 4.69) is 0 Å². The van der Waals surface area contributed by atoms with Crippen molar-refractivity contribution in [1.82, 2.24) is 0 Å². The molecule has 5 aliphatic rings. The minimum Gasteiger partial charge on any atom is -0.492 e. The van der Waals surface area contributed by atoms with Gasteiger partial charge in [-0.05, 0) is 73.0 Å². The van der Waals surface area contributed by atoms with E-state index in [9.17, 15) is 20.4 Å². The van der Waals surface area contributed by atoms with E-state index < -0.39 is 37.1 Å². The van der Waals surface area contributed by atoms with E-state index in [-0.39, 0.29) is 0 Å². The Balaban J connectivity index is 1.50. The van der Waals surface area contributed by atoms with Gasteiger partial charge in [0.2, 0.25) is 0 Å². The standard InChI is InChI=1S/C25H35NO6/c26-4-5-31-24(20-17-7-13-6-14(9-17)10-18(20)8-13)15-2-1-3-16(11-15)25-23(30)22(29)21(28)19(12-27)32-25/h1-3,11,13-14,17-19,21-23,25,27-30H,4-10,12,26H2/t13?,14?,17?,18?,19-,21+,22+,23-,25+/m1/s1. The van der Waals surface area contributed by atoms with Crippen molar-refractivity contribution in [2.24, 2.45) is 29.4 Å². The van der Waals surface area contributed by atoms with Crippen molar-refractivity contribution >= 4 is 5.76 Å². The normalized spacial score (nSPS) is 40.5. The molecule has 0 spiro atoms. The molecule has 6 rings (SSSR count). The molecular weight excluding hydrogens is 410 g/mol. The van der Waals surface area contributed by atoms with Crippen LogP contribution < -0.4 is 5.73 Å². The first-order chi connectivity index (χ1) is 15.5. The summed E-state index contributed by atoms with van der Waals surface area (Å²) in [4.78, 5) is 0. The summed E-state index contributed by atoms with van der Waals surface area (Å²) in [5.74, 6) is 3.73. The topological polar surface area (TPSA) is 125 Å². The first kappa shape index (κ1) is 22.3. The maximum atomic E-state index is 10.6. The van der Waals surface area contributed by atoms with E-state index in [0.717, 1.165) is 23.2 Å². The SMILES string of the molecule is NCCOC(=C1C2CC3CC(C2)CC1C3)c1cccc([C@@H]2O[C@H](CO)[C@H](O)[C@H](O)[C@H]2O)c1. The Morgan fingerprint density at radius 1 is 0.969 bits per heavy atom. The van der Waals surface area contributed by atoms with E-state index in [1.165, 1.54) is 37.7 Å². The molecule has 6 N–H and O–H groups in total. The monoisotopic (exact) mass is 445 g/mol. The molecule has 0 radical (unpaired) electrons. The van der Waals surface area contributed by atoms with Gasteiger partial charge in [0.05, 0.1) is 6.61 Å². The van der Waals surface area contributed by atoms with Gasteiger partial charge in [0.25, 0.3) is 0 Å². The van der Waals surface area contributed by atoms with Crippen molar-refractivity contribution in [3.8, 4) is 0 Å². The van der Waals surface area contributed by atoms with Gasteiger partial charge < -0.3 is 35.6 Å². The van der Waals surface area contributed by atoms with Crippen LogP contribution in [0.25, 0.3) is 5.76 Å². The number of aliphatic hydroxyl groups is 4. The van der Waals surface area contributed by atoms with Crippen LogP contribution in [0.4, 0.5) is 0 Å². The minimum absolute atomic E-state index is 0.434. The summed E-state index contributed by atoms with van der Waals surface area (Å²) in [6, 6.07) is 7.68. The highest BCUT2D eigenvalue weighted by molar-refractivity contribution is 5.65. The largest absolute Gasteiger partial charge is 0.492 e. The molecule has 7 nitrogen and oxygen atoms in total. The van der Waals surface area contributed by atoms with Gasteiger partial charge in [-0.25, -0.2) is 0 Å². The zero-order valence-corrected chi connectivity index (χ0v) is 18.3. The summed E-state index contributed by atoms with van der Waals surface area (Å²) in [5.41, 5.74) is 8.81. The van der Waals surface area contributed by atoms with E-state index in [0.29, 0.717) is 30.6 Å². The van der Waals surface area contributed by atoms with E-state index in [1.807, 2.05) is 24.3 Å². The van der Waals surface area contributed by atoms with Gasteiger partial charge in [-0.2, -0.15) is 0 Å². The molecule has 0 amide bonds. The third kappa shape index (κ3) is 3.89. The molecule has 4 aliphatic carbocycles. The smallest absolute Gasteiger partial charge is 0.126 e. The van der Waals surface area contributed by atoms with Gasteiger partial charge in [0, 0.05) is 12.1 Å². The van der Waals surface area contributed by atoms with E-state index in [1.54, 1.807) is 0 Å². The molecule has 5 fully saturated rings. The molecule has 1 aromatic carbocycles. The highest BCUT2D eigenvalue weighted by atomic mass is 16.5. The van der Waals surface area contributed by atoms with Gasteiger partial charge in [-0.1, -0.05) is 18.2 Å². The summed E-state index contributed by atoms with van der Waals surface area (Å²) in [6.07, 6.45) is 0.487. The summed E-state index contributed by atoms with van der Waals surface area (Å²) < 4.78 is 12.1. The summed E-state index contributed by atoms with van der Waals surface area (Å²) in [7, 11) is 0. The molecular formula is C25H35NO6. The number of hydrogen-bond acceptors (Lipinski definition) is 7. The first-order valence-electron chi connectivity index (χ1n) is 12.0. The third-order valence-electron chi connectivity index (χ3n) is 8.01. The lowest BCUT2D eigenvalue weighted by Crippen LogP contribution is -2.55. The Morgan fingerprint density at radius 3 is 2.28 bits per heavy atom. The van der Waals surface area contributed by atoms with Crippen molar-refractivity contribution in [3.05, 3.63) is 41.0 Å². The van der Waals surface area contributed by atoms with Crippen LogP contribution in [0.5, 0.6) is 0 Å². The van der Waals surface area contributed by atoms with Crippen LogP contribution in [0.1, 0.15) is 49.3 Å². The number of ether oxygens (including phenoxy) is 2. The number of hydrogen-bond donors (Lipinski definition) is 5. The van der Waals surface area contributed by atoms with Gasteiger partial charge >= 0.3 is 0 Å². The highest BCUT2D eigenvalue weighted by Crippen LogP contribution is 2.58. The molecule has 7 heteroatoms. The molecule has 4 saturated carbocycles. The molecule has 1 saturated heterocycles.